The Labute approximate surface area is 118 Å². The van der Waals surface area contributed by atoms with Crippen LogP contribution in [0.5, 0.6) is 6.01 Å². The number of nitrogens with two attached hydrogens (primary N) is 1. The summed E-state index contributed by atoms with van der Waals surface area (Å²) in [4.78, 5) is 12.1. The van der Waals surface area contributed by atoms with E-state index in [9.17, 15) is 0 Å². The molecule has 0 aliphatic heterocycles. The summed E-state index contributed by atoms with van der Waals surface area (Å²) >= 11 is 0. The number of benzene rings is 1. The molecule has 6 nitrogen and oxygen atoms in total. The van der Waals surface area contributed by atoms with E-state index < -0.39 is 0 Å². The second-order valence-corrected chi connectivity index (χ2v) is 4.64. The molecule has 1 aromatic heterocycles. The summed E-state index contributed by atoms with van der Waals surface area (Å²) in [5.74, 6) is 0.965. The number of nitrogens with one attached hydrogen (secondary N) is 1. The standard InChI is InChI=1S/C14H19N5O/c1-4-20-14-18-12(15)17-13(19-14)16-11-7-5-6-10(8-11)9(2)3/h5-9H,4H2,1-3H3,(H3,15,16,17,18,19). The molecule has 0 amide bonds. The molecule has 20 heavy (non-hydrogen) atoms. The summed E-state index contributed by atoms with van der Waals surface area (Å²) in [5, 5.41) is 3.12. The smallest absolute Gasteiger partial charge is 0.323 e. The molecule has 3 N–H and O–H groups in total. The molecule has 2 aromatic rings. The zero-order valence-electron chi connectivity index (χ0n) is 11.9. The molecule has 1 aromatic carbocycles. The highest BCUT2D eigenvalue weighted by atomic mass is 16.5. The summed E-state index contributed by atoms with van der Waals surface area (Å²) in [6.45, 7) is 6.63. The van der Waals surface area contributed by atoms with Crippen LogP contribution in [0, 0.1) is 0 Å². The van der Waals surface area contributed by atoms with Gasteiger partial charge in [0, 0.05) is 5.69 Å². The van der Waals surface area contributed by atoms with Crippen molar-refractivity contribution in [1.29, 1.82) is 0 Å². The van der Waals surface area contributed by atoms with Crippen molar-refractivity contribution in [3.05, 3.63) is 29.8 Å². The lowest BCUT2D eigenvalue weighted by Gasteiger charge is -2.10. The van der Waals surface area contributed by atoms with Crippen LogP contribution in [0.25, 0.3) is 0 Å². The molecule has 0 saturated carbocycles. The number of hydrogen-bond donors (Lipinski definition) is 2. The van der Waals surface area contributed by atoms with Gasteiger partial charge in [0.2, 0.25) is 11.9 Å². The Hall–Kier alpha value is -2.37. The molecule has 0 bridgehead atoms. The van der Waals surface area contributed by atoms with Crippen molar-refractivity contribution in [3.63, 3.8) is 0 Å². The van der Waals surface area contributed by atoms with Gasteiger partial charge < -0.3 is 15.8 Å². The highest BCUT2D eigenvalue weighted by Gasteiger charge is 2.06. The fourth-order valence-electron chi connectivity index (χ4n) is 1.73. The summed E-state index contributed by atoms with van der Waals surface area (Å²) < 4.78 is 5.24. The van der Waals surface area contributed by atoms with Gasteiger partial charge in [0.25, 0.3) is 0 Å². The average molecular weight is 273 g/mol. The zero-order chi connectivity index (χ0) is 14.5. The molecule has 0 atom stereocenters. The first kappa shape index (κ1) is 14.0. The number of rotatable bonds is 5. The van der Waals surface area contributed by atoms with Crippen LogP contribution in [0.2, 0.25) is 0 Å². The van der Waals surface area contributed by atoms with Crippen LogP contribution in [-0.2, 0) is 0 Å². The van der Waals surface area contributed by atoms with Crippen molar-refractivity contribution < 1.29 is 4.74 Å². The topological polar surface area (TPSA) is 86.0 Å². The van der Waals surface area contributed by atoms with Crippen molar-refractivity contribution in [3.8, 4) is 6.01 Å². The molecule has 0 spiro atoms. The molecular weight excluding hydrogens is 254 g/mol. The Kier molecular flexibility index (Phi) is 4.34. The van der Waals surface area contributed by atoms with E-state index in [1.165, 1.54) is 5.56 Å². The Morgan fingerprint density at radius 3 is 2.75 bits per heavy atom. The maximum atomic E-state index is 5.64. The molecule has 0 fully saturated rings. The largest absolute Gasteiger partial charge is 0.464 e. The first-order valence-corrected chi connectivity index (χ1v) is 6.59. The fraction of sp³-hybridized carbons (Fsp3) is 0.357. The maximum Gasteiger partial charge on any atom is 0.323 e. The third-order valence-corrected chi connectivity index (χ3v) is 2.72. The third-order valence-electron chi connectivity index (χ3n) is 2.72. The van der Waals surface area contributed by atoms with E-state index in [1.54, 1.807) is 0 Å². The predicted octanol–water partition coefficient (Wildman–Crippen LogP) is 2.72. The van der Waals surface area contributed by atoms with Gasteiger partial charge in [0.1, 0.15) is 0 Å². The maximum absolute atomic E-state index is 5.64. The van der Waals surface area contributed by atoms with Gasteiger partial charge >= 0.3 is 6.01 Å². The molecule has 0 aliphatic carbocycles. The van der Waals surface area contributed by atoms with Gasteiger partial charge in [-0.2, -0.15) is 15.0 Å². The molecule has 2 rings (SSSR count). The lowest BCUT2D eigenvalue weighted by atomic mass is 10.0. The van der Waals surface area contributed by atoms with Crippen LogP contribution >= 0.6 is 0 Å². The van der Waals surface area contributed by atoms with Crippen molar-refractivity contribution >= 4 is 17.6 Å². The van der Waals surface area contributed by atoms with Crippen molar-refractivity contribution in [1.82, 2.24) is 15.0 Å². The van der Waals surface area contributed by atoms with E-state index in [1.807, 2.05) is 19.1 Å². The predicted molar refractivity (Wildman–Crippen MR) is 79.2 cm³/mol. The molecule has 106 valence electrons. The minimum absolute atomic E-state index is 0.131. The highest BCUT2D eigenvalue weighted by Crippen LogP contribution is 2.21. The lowest BCUT2D eigenvalue weighted by molar-refractivity contribution is 0.312. The van der Waals surface area contributed by atoms with Crippen molar-refractivity contribution in [2.24, 2.45) is 0 Å². The first-order valence-electron chi connectivity index (χ1n) is 6.59. The van der Waals surface area contributed by atoms with Gasteiger partial charge in [0.15, 0.2) is 0 Å². The van der Waals surface area contributed by atoms with Crippen LogP contribution < -0.4 is 15.8 Å². The number of hydrogen-bond acceptors (Lipinski definition) is 6. The van der Waals surface area contributed by atoms with Crippen molar-refractivity contribution in [2.75, 3.05) is 17.7 Å². The molecule has 0 saturated heterocycles. The van der Waals surface area contributed by atoms with Gasteiger partial charge in [-0.15, -0.1) is 0 Å². The van der Waals surface area contributed by atoms with Gasteiger partial charge in [-0.1, -0.05) is 26.0 Å². The van der Waals surface area contributed by atoms with Gasteiger partial charge in [-0.25, -0.2) is 0 Å². The van der Waals surface area contributed by atoms with E-state index in [0.29, 0.717) is 18.5 Å². The monoisotopic (exact) mass is 273 g/mol. The van der Waals surface area contributed by atoms with Gasteiger partial charge in [-0.3, -0.25) is 0 Å². The summed E-state index contributed by atoms with van der Waals surface area (Å²) in [6.07, 6.45) is 0. The number of aromatic nitrogens is 3. The second kappa shape index (κ2) is 6.18. The molecule has 6 heteroatoms. The summed E-state index contributed by atoms with van der Waals surface area (Å²) in [6, 6.07) is 8.31. The Morgan fingerprint density at radius 2 is 2.05 bits per heavy atom. The van der Waals surface area contributed by atoms with Gasteiger partial charge in [0.05, 0.1) is 6.61 Å². The minimum atomic E-state index is 0.131. The summed E-state index contributed by atoms with van der Waals surface area (Å²) in [5.41, 5.74) is 7.78. The SMILES string of the molecule is CCOc1nc(N)nc(Nc2cccc(C(C)C)c2)n1. The van der Waals surface area contributed by atoms with E-state index in [-0.39, 0.29) is 12.0 Å². The number of ether oxygens (including phenoxy) is 1. The molecule has 0 aliphatic rings. The van der Waals surface area contributed by atoms with E-state index in [2.05, 4.69) is 46.2 Å². The number of nitrogens with zero attached hydrogens (tertiary/aromatic N) is 3. The van der Waals surface area contributed by atoms with E-state index in [4.69, 9.17) is 10.5 Å². The van der Waals surface area contributed by atoms with E-state index >= 15 is 0 Å². The van der Waals surface area contributed by atoms with Crippen LogP contribution in [0.1, 0.15) is 32.3 Å². The average Bonchev–Trinajstić information content (AvgIpc) is 2.38. The van der Waals surface area contributed by atoms with Crippen LogP contribution in [0.4, 0.5) is 17.6 Å². The van der Waals surface area contributed by atoms with Crippen LogP contribution in [0.3, 0.4) is 0 Å². The molecular formula is C14H19N5O. The van der Waals surface area contributed by atoms with E-state index in [0.717, 1.165) is 5.69 Å². The molecule has 0 radical (unpaired) electrons. The molecule has 1 heterocycles. The second-order valence-electron chi connectivity index (χ2n) is 4.64. The molecule has 0 unspecified atom stereocenters. The minimum Gasteiger partial charge on any atom is -0.464 e. The third kappa shape index (κ3) is 3.57. The summed E-state index contributed by atoms with van der Waals surface area (Å²) in [7, 11) is 0. The first-order chi connectivity index (χ1) is 9.58. The zero-order valence-corrected chi connectivity index (χ0v) is 11.9. The number of anilines is 3. The van der Waals surface area contributed by atoms with Gasteiger partial charge in [-0.05, 0) is 30.5 Å². The Balaban J connectivity index is 2.23. The number of nitrogen functional groups attached to an aromatic ring is 1. The fourth-order valence-corrected chi connectivity index (χ4v) is 1.73. The quantitative estimate of drug-likeness (QED) is 0.871. The van der Waals surface area contributed by atoms with Crippen molar-refractivity contribution in [2.45, 2.75) is 26.7 Å². The Bertz CT molecular complexity index is 586. The normalized spacial score (nSPS) is 10.6. The van der Waals surface area contributed by atoms with Crippen LogP contribution in [-0.4, -0.2) is 21.6 Å². The Morgan fingerprint density at radius 1 is 1.25 bits per heavy atom. The van der Waals surface area contributed by atoms with Crippen LogP contribution in [0.15, 0.2) is 24.3 Å². The lowest BCUT2D eigenvalue weighted by Crippen LogP contribution is -2.06. The highest BCUT2D eigenvalue weighted by molar-refractivity contribution is 5.55.